The van der Waals surface area contributed by atoms with E-state index in [1.165, 1.54) is 17.1 Å². The van der Waals surface area contributed by atoms with E-state index in [-0.39, 0.29) is 0 Å². The van der Waals surface area contributed by atoms with Crippen LogP contribution in [0.15, 0.2) is 29.4 Å². The standard InChI is InChI=1S/C12H16N2S2/c1-2-14-7-4-6-13-12(14)9-10(15)11-5-3-8-16-11/h3,5,8-9,13H,2,4,6-7H2,1H3/b12-9+. The molecule has 0 spiro atoms. The monoisotopic (exact) mass is 252 g/mol. The lowest BCUT2D eigenvalue weighted by Crippen LogP contribution is -2.39. The molecule has 2 nitrogen and oxygen atoms in total. The molecule has 1 aliphatic heterocycles. The first-order valence-electron chi connectivity index (χ1n) is 5.59. The second kappa shape index (κ2) is 5.46. The van der Waals surface area contributed by atoms with Crippen LogP contribution in [-0.4, -0.2) is 29.4 Å². The Labute approximate surface area is 106 Å². The Hall–Kier alpha value is -0.870. The summed E-state index contributed by atoms with van der Waals surface area (Å²) in [5, 5.41) is 5.48. The number of rotatable bonds is 3. The van der Waals surface area contributed by atoms with Crippen LogP contribution >= 0.6 is 23.6 Å². The van der Waals surface area contributed by atoms with Crippen LogP contribution in [0.5, 0.6) is 0 Å². The molecule has 1 aromatic rings. The molecule has 0 radical (unpaired) electrons. The third-order valence-corrected chi connectivity index (χ3v) is 4.04. The first-order chi connectivity index (χ1) is 7.81. The maximum absolute atomic E-state index is 5.42. The minimum absolute atomic E-state index is 0.929. The van der Waals surface area contributed by atoms with Gasteiger partial charge in [-0.2, -0.15) is 0 Å². The Morgan fingerprint density at radius 1 is 1.69 bits per heavy atom. The lowest BCUT2D eigenvalue weighted by Gasteiger charge is -2.31. The molecule has 16 heavy (non-hydrogen) atoms. The van der Waals surface area contributed by atoms with Crippen molar-refractivity contribution < 1.29 is 0 Å². The summed E-state index contributed by atoms with van der Waals surface area (Å²) in [4.78, 5) is 4.44. The largest absolute Gasteiger partial charge is 0.372 e. The Balaban J connectivity index is 2.12. The van der Waals surface area contributed by atoms with Crippen molar-refractivity contribution in [2.45, 2.75) is 13.3 Å². The quantitative estimate of drug-likeness (QED) is 0.506. The number of thiocarbonyl (C=S) groups is 1. The van der Waals surface area contributed by atoms with Crippen LogP contribution in [0.1, 0.15) is 18.2 Å². The predicted octanol–water partition coefficient (Wildman–Crippen LogP) is 2.62. The van der Waals surface area contributed by atoms with E-state index in [0.29, 0.717) is 0 Å². The lowest BCUT2D eigenvalue weighted by molar-refractivity contribution is 0.295. The van der Waals surface area contributed by atoms with Gasteiger partial charge in [-0.3, -0.25) is 0 Å². The first kappa shape index (κ1) is 11.6. The SMILES string of the molecule is CCN1CCCN/C1=C\C(=S)c1cccs1. The van der Waals surface area contributed by atoms with Crippen molar-refractivity contribution in [3.8, 4) is 0 Å². The van der Waals surface area contributed by atoms with Gasteiger partial charge in [-0.25, -0.2) is 0 Å². The number of nitrogens with one attached hydrogen (secondary N) is 1. The van der Waals surface area contributed by atoms with Gasteiger partial charge in [-0.05, 0) is 30.9 Å². The molecule has 0 bridgehead atoms. The Kier molecular flexibility index (Phi) is 3.96. The third kappa shape index (κ3) is 2.62. The van der Waals surface area contributed by atoms with Crippen LogP contribution in [-0.2, 0) is 0 Å². The van der Waals surface area contributed by atoms with Crippen molar-refractivity contribution in [3.63, 3.8) is 0 Å². The summed E-state index contributed by atoms with van der Waals surface area (Å²) in [5.74, 6) is 1.17. The Morgan fingerprint density at radius 3 is 3.25 bits per heavy atom. The number of hydrogen-bond acceptors (Lipinski definition) is 4. The molecule has 4 heteroatoms. The second-order valence-electron chi connectivity index (χ2n) is 3.73. The highest BCUT2D eigenvalue weighted by atomic mass is 32.1. The highest BCUT2D eigenvalue weighted by Crippen LogP contribution is 2.14. The van der Waals surface area contributed by atoms with E-state index in [2.05, 4.69) is 34.7 Å². The lowest BCUT2D eigenvalue weighted by atomic mass is 10.2. The maximum atomic E-state index is 5.42. The average Bonchev–Trinajstić information content (AvgIpc) is 2.83. The average molecular weight is 252 g/mol. The van der Waals surface area contributed by atoms with Gasteiger partial charge in [0, 0.05) is 24.5 Å². The molecular formula is C12H16N2S2. The highest BCUT2D eigenvalue weighted by molar-refractivity contribution is 7.81. The molecule has 0 unspecified atom stereocenters. The molecule has 2 heterocycles. The van der Waals surface area contributed by atoms with E-state index in [0.717, 1.165) is 24.5 Å². The van der Waals surface area contributed by atoms with Gasteiger partial charge in [-0.1, -0.05) is 18.3 Å². The topological polar surface area (TPSA) is 15.3 Å². The van der Waals surface area contributed by atoms with E-state index < -0.39 is 0 Å². The number of nitrogens with zero attached hydrogens (tertiary/aromatic N) is 1. The second-order valence-corrected chi connectivity index (χ2v) is 5.12. The number of thiophene rings is 1. The first-order valence-corrected chi connectivity index (χ1v) is 6.88. The Bertz CT molecular complexity index is 382. The van der Waals surface area contributed by atoms with Crippen LogP contribution in [0, 0.1) is 0 Å². The molecule has 0 amide bonds. The van der Waals surface area contributed by atoms with Crippen molar-refractivity contribution >= 4 is 28.4 Å². The zero-order chi connectivity index (χ0) is 11.4. The van der Waals surface area contributed by atoms with Crippen LogP contribution in [0.3, 0.4) is 0 Å². The van der Waals surface area contributed by atoms with Crippen LogP contribution in [0.4, 0.5) is 0 Å². The zero-order valence-corrected chi connectivity index (χ0v) is 11.0. The summed E-state index contributed by atoms with van der Waals surface area (Å²) >= 11 is 7.12. The van der Waals surface area contributed by atoms with Crippen molar-refractivity contribution in [1.29, 1.82) is 0 Å². The third-order valence-electron chi connectivity index (χ3n) is 2.67. The Morgan fingerprint density at radius 2 is 2.56 bits per heavy atom. The number of allylic oxidation sites excluding steroid dienone is 1. The zero-order valence-electron chi connectivity index (χ0n) is 9.40. The molecule has 1 saturated heterocycles. The molecule has 1 N–H and O–H groups in total. The van der Waals surface area contributed by atoms with E-state index in [4.69, 9.17) is 12.2 Å². The van der Waals surface area contributed by atoms with Gasteiger partial charge in [0.1, 0.15) is 5.82 Å². The molecule has 0 aliphatic carbocycles. The van der Waals surface area contributed by atoms with Crippen LogP contribution < -0.4 is 5.32 Å². The van der Waals surface area contributed by atoms with Crippen molar-refractivity contribution in [2.24, 2.45) is 0 Å². The van der Waals surface area contributed by atoms with E-state index in [1.54, 1.807) is 11.3 Å². The van der Waals surface area contributed by atoms with Crippen LogP contribution in [0.25, 0.3) is 0 Å². The van der Waals surface area contributed by atoms with Gasteiger partial charge in [0.15, 0.2) is 0 Å². The molecule has 2 rings (SSSR count). The fourth-order valence-electron chi connectivity index (χ4n) is 1.80. The van der Waals surface area contributed by atoms with Gasteiger partial charge in [0.05, 0.1) is 4.86 Å². The number of hydrogen-bond donors (Lipinski definition) is 1. The fourth-order valence-corrected chi connectivity index (χ4v) is 2.76. The normalized spacial score (nSPS) is 18.6. The molecule has 1 aliphatic rings. The minimum atomic E-state index is 0.929. The summed E-state index contributed by atoms with van der Waals surface area (Å²) in [5.41, 5.74) is 0. The summed E-state index contributed by atoms with van der Waals surface area (Å²) in [7, 11) is 0. The smallest absolute Gasteiger partial charge is 0.103 e. The predicted molar refractivity (Wildman–Crippen MR) is 74.0 cm³/mol. The van der Waals surface area contributed by atoms with Gasteiger partial charge in [0.25, 0.3) is 0 Å². The molecule has 86 valence electrons. The maximum Gasteiger partial charge on any atom is 0.103 e. The molecule has 0 aromatic carbocycles. The van der Waals surface area contributed by atoms with E-state index in [1.807, 2.05) is 6.07 Å². The van der Waals surface area contributed by atoms with Crippen molar-refractivity contribution in [2.75, 3.05) is 19.6 Å². The van der Waals surface area contributed by atoms with Gasteiger partial charge in [-0.15, -0.1) is 11.3 Å². The van der Waals surface area contributed by atoms with Crippen molar-refractivity contribution in [1.82, 2.24) is 10.2 Å². The molecule has 1 aromatic heterocycles. The minimum Gasteiger partial charge on any atom is -0.372 e. The van der Waals surface area contributed by atoms with Crippen molar-refractivity contribution in [3.05, 3.63) is 34.3 Å². The van der Waals surface area contributed by atoms with E-state index >= 15 is 0 Å². The highest BCUT2D eigenvalue weighted by Gasteiger charge is 2.13. The fraction of sp³-hybridized carbons (Fsp3) is 0.417. The van der Waals surface area contributed by atoms with E-state index in [9.17, 15) is 0 Å². The van der Waals surface area contributed by atoms with Gasteiger partial charge in [0.2, 0.25) is 0 Å². The summed E-state index contributed by atoms with van der Waals surface area (Å²) in [6.45, 7) is 5.39. The molecule has 0 saturated carbocycles. The van der Waals surface area contributed by atoms with Gasteiger partial charge < -0.3 is 10.2 Å². The summed E-state index contributed by atoms with van der Waals surface area (Å²) in [6.07, 6.45) is 3.29. The summed E-state index contributed by atoms with van der Waals surface area (Å²) in [6, 6.07) is 4.11. The summed E-state index contributed by atoms with van der Waals surface area (Å²) < 4.78 is 0. The van der Waals surface area contributed by atoms with Gasteiger partial charge >= 0.3 is 0 Å². The van der Waals surface area contributed by atoms with Crippen LogP contribution in [0.2, 0.25) is 0 Å². The molecular weight excluding hydrogens is 236 g/mol. The molecule has 0 atom stereocenters. The molecule has 1 fully saturated rings.